The monoisotopic (exact) mass is 358 g/mol. The van der Waals surface area contributed by atoms with E-state index in [-0.39, 0.29) is 0 Å². The minimum Gasteiger partial charge on any atom is -0.0996 e. The minimum atomic E-state index is 0.919. The summed E-state index contributed by atoms with van der Waals surface area (Å²) in [6, 6.07) is 28.6. The van der Waals surface area contributed by atoms with Crippen molar-refractivity contribution in [2.45, 2.75) is 6.92 Å². The Hall–Kier alpha value is -2.93. The van der Waals surface area contributed by atoms with Crippen molar-refractivity contribution in [3.8, 4) is 0 Å². The van der Waals surface area contributed by atoms with Crippen molar-refractivity contribution in [2.75, 3.05) is 0 Å². The summed E-state index contributed by atoms with van der Waals surface area (Å²) in [5.74, 6) is 0. The van der Waals surface area contributed by atoms with Crippen molar-refractivity contribution in [3.05, 3.63) is 115 Å². The average molecular weight is 358 g/mol. The van der Waals surface area contributed by atoms with Crippen molar-refractivity contribution in [2.24, 2.45) is 0 Å². The predicted molar refractivity (Wildman–Crippen MR) is 132 cm³/mol. The van der Waals surface area contributed by atoms with E-state index in [0.29, 0.717) is 0 Å². The van der Waals surface area contributed by atoms with Gasteiger partial charge in [-0.3, -0.25) is 0 Å². The van der Waals surface area contributed by atoms with Crippen LogP contribution in [0.2, 0.25) is 0 Å². The number of rotatable bonds is 8. The molecule has 0 bridgehead atoms. The van der Waals surface area contributed by atoms with Crippen LogP contribution >= 0.6 is 0 Å². The zero-order chi connectivity index (χ0) is 19.6. The number of hydrogen-bond donors (Lipinski definition) is 0. The van der Waals surface area contributed by atoms with Crippen LogP contribution in [0.1, 0.15) is 6.92 Å². The molecule has 134 valence electrons. The van der Waals surface area contributed by atoms with E-state index in [2.05, 4.69) is 97.6 Å². The van der Waals surface area contributed by atoms with Crippen LogP contribution in [-0.2, 0) is 0 Å². The summed E-state index contributed by atoms with van der Waals surface area (Å²) in [6.45, 7) is 5.94. The fraction of sp³-hybridized carbons (Fsp3) is 0.0400. The van der Waals surface area contributed by atoms with Gasteiger partial charge in [0.15, 0.2) is 21.8 Å². The predicted octanol–water partition coefficient (Wildman–Crippen LogP) is 1.17. The quantitative estimate of drug-likeness (QED) is 0.419. The SMILES string of the molecule is C=C/C(Bc1ccc(Bc2ccc(Bc3ccccc3)cc2)cc1)=C\C=C/C. The van der Waals surface area contributed by atoms with Crippen LogP contribution in [0.3, 0.4) is 0 Å². The molecule has 0 aliphatic carbocycles. The van der Waals surface area contributed by atoms with Gasteiger partial charge in [0.25, 0.3) is 0 Å². The average Bonchev–Trinajstić information content (AvgIpc) is 2.74. The molecule has 3 heteroatoms. The third kappa shape index (κ3) is 6.06. The molecule has 0 N–H and O–H groups in total. The van der Waals surface area contributed by atoms with Crippen LogP contribution in [0.15, 0.2) is 115 Å². The van der Waals surface area contributed by atoms with Gasteiger partial charge in [0, 0.05) is 0 Å². The summed E-state index contributed by atoms with van der Waals surface area (Å²) in [5, 5.41) is 0. The van der Waals surface area contributed by atoms with Gasteiger partial charge >= 0.3 is 0 Å². The number of benzene rings is 3. The summed E-state index contributed by atoms with van der Waals surface area (Å²) in [7, 11) is 2.87. The Labute approximate surface area is 171 Å². The highest BCUT2D eigenvalue weighted by Crippen LogP contribution is 1.95. The Morgan fingerprint density at radius 2 is 1.14 bits per heavy atom. The first-order valence-electron chi connectivity index (χ1n) is 9.90. The highest BCUT2D eigenvalue weighted by Gasteiger charge is 2.03. The fourth-order valence-electron chi connectivity index (χ4n) is 3.27. The van der Waals surface area contributed by atoms with E-state index in [1.807, 2.05) is 19.1 Å². The molecule has 0 aromatic heterocycles. The lowest BCUT2D eigenvalue weighted by molar-refractivity contribution is 1.72. The molecule has 0 amide bonds. The van der Waals surface area contributed by atoms with Gasteiger partial charge < -0.3 is 0 Å². The summed E-state index contributed by atoms with van der Waals surface area (Å²) in [6.07, 6.45) is 8.16. The molecule has 0 radical (unpaired) electrons. The first-order valence-corrected chi connectivity index (χ1v) is 9.90. The molecule has 0 aliphatic rings. The van der Waals surface area contributed by atoms with Crippen LogP contribution < -0.4 is 27.3 Å². The van der Waals surface area contributed by atoms with E-state index in [9.17, 15) is 0 Å². The second-order valence-corrected chi connectivity index (χ2v) is 7.12. The van der Waals surface area contributed by atoms with Crippen LogP contribution in [0.5, 0.6) is 0 Å². The molecule has 3 rings (SSSR count). The van der Waals surface area contributed by atoms with Gasteiger partial charge in [0.05, 0.1) is 0 Å². The Morgan fingerprint density at radius 3 is 1.61 bits per heavy atom. The van der Waals surface area contributed by atoms with Gasteiger partial charge in [-0.1, -0.05) is 143 Å². The van der Waals surface area contributed by atoms with Gasteiger partial charge in [0.2, 0.25) is 0 Å². The molecule has 28 heavy (non-hydrogen) atoms. The van der Waals surface area contributed by atoms with E-state index in [1.165, 1.54) is 32.8 Å². The fourth-order valence-corrected chi connectivity index (χ4v) is 3.27. The molecule has 0 heterocycles. The van der Waals surface area contributed by atoms with E-state index >= 15 is 0 Å². The normalized spacial score (nSPS) is 11.2. The zero-order valence-corrected chi connectivity index (χ0v) is 16.6. The number of allylic oxidation sites excluding steroid dienone is 5. The number of hydrogen-bond acceptors (Lipinski definition) is 0. The maximum atomic E-state index is 3.91. The van der Waals surface area contributed by atoms with Gasteiger partial charge in [-0.05, 0) is 6.92 Å². The zero-order valence-electron chi connectivity index (χ0n) is 16.6. The minimum absolute atomic E-state index is 0.919. The Morgan fingerprint density at radius 1 is 0.679 bits per heavy atom. The lowest BCUT2D eigenvalue weighted by atomic mass is 9.59. The molecule has 0 atom stereocenters. The second kappa shape index (κ2) is 10.4. The molecule has 0 spiro atoms. The lowest BCUT2D eigenvalue weighted by Crippen LogP contribution is -2.32. The molecule has 0 fully saturated rings. The van der Waals surface area contributed by atoms with Gasteiger partial charge in [-0.2, -0.15) is 0 Å². The van der Waals surface area contributed by atoms with Crippen LogP contribution in [-0.4, -0.2) is 21.8 Å². The molecule has 0 aliphatic heterocycles. The molecular formula is C25H25B3. The van der Waals surface area contributed by atoms with Crippen molar-refractivity contribution < 1.29 is 0 Å². The summed E-state index contributed by atoms with van der Waals surface area (Å²) in [5.41, 5.74) is 7.96. The van der Waals surface area contributed by atoms with Crippen molar-refractivity contribution >= 4 is 49.2 Å². The maximum Gasteiger partial charge on any atom is 0.192 e. The Kier molecular flexibility index (Phi) is 7.38. The van der Waals surface area contributed by atoms with Gasteiger partial charge in [-0.15, -0.1) is 0 Å². The molecular weight excluding hydrogens is 333 g/mol. The van der Waals surface area contributed by atoms with Crippen molar-refractivity contribution in [3.63, 3.8) is 0 Å². The lowest BCUT2D eigenvalue weighted by Gasteiger charge is -2.05. The Balaban J connectivity index is 1.60. The molecule has 3 aromatic carbocycles. The van der Waals surface area contributed by atoms with E-state index in [1.54, 1.807) is 0 Å². The summed E-state index contributed by atoms with van der Waals surface area (Å²) < 4.78 is 0. The summed E-state index contributed by atoms with van der Waals surface area (Å²) in [4.78, 5) is 0. The molecule has 0 saturated heterocycles. The van der Waals surface area contributed by atoms with Crippen LogP contribution in [0.4, 0.5) is 0 Å². The van der Waals surface area contributed by atoms with E-state index in [4.69, 9.17) is 0 Å². The summed E-state index contributed by atoms with van der Waals surface area (Å²) >= 11 is 0. The highest BCUT2D eigenvalue weighted by molar-refractivity contribution is 6.69. The van der Waals surface area contributed by atoms with E-state index < -0.39 is 0 Å². The molecule has 0 saturated carbocycles. The standard InChI is InChI=1S/C25H25B3/c1-3-5-9-20(4-2)26-22-12-14-24(15-13-22)28-25-18-16-23(17-19-25)27-21-10-7-6-8-11-21/h3-19,26-28H,2H2,1H3/b5-3-,20-9+. The van der Waals surface area contributed by atoms with Crippen LogP contribution in [0, 0.1) is 0 Å². The van der Waals surface area contributed by atoms with Crippen molar-refractivity contribution in [1.29, 1.82) is 0 Å². The maximum absolute atomic E-state index is 3.91. The smallest absolute Gasteiger partial charge is 0.0996 e. The van der Waals surface area contributed by atoms with E-state index in [0.717, 1.165) is 21.8 Å². The first-order chi connectivity index (χ1) is 13.8. The largest absolute Gasteiger partial charge is 0.192 e. The van der Waals surface area contributed by atoms with Crippen molar-refractivity contribution in [1.82, 2.24) is 0 Å². The third-order valence-electron chi connectivity index (χ3n) is 4.88. The molecule has 0 nitrogen and oxygen atoms in total. The van der Waals surface area contributed by atoms with Gasteiger partial charge in [0.1, 0.15) is 0 Å². The highest BCUT2D eigenvalue weighted by atomic mass is 13.9. The van der Waals surface area contributed by atoms with Crippen LogP contribution in [0.25, 0.3) is 0 Å². The molecule has 0 unspecified atom stereocenters. The Bertz CT molecular complexity index is 937. The third-order valence-corrected chi connectivity index (χ3v) is 4.88. The first kappa shape index (κ1) is 19.8. The topological polar surface area (TPSA) is 0 Å². The van der Waals surface area contributed by atoms with Gasteiger partial charge in [-0.25, -0.2) is 0 Å². The second-order valence-electron chi connectivity index (χ2n) is 7.12. The molecule has 3 aromatic rings.